The lowest BCUT2D eigenvalue weighted by Crippen LogP contribution is -2.37. The summed E-state index contributed by atoms with van der Waals surface area (Å²) in [5.74, 6) is 1.24. The molecule has 1 saturated carbocycles. The second kappa shape index (κ2) is 5.83. The van der Waals surface area contributed by atoms with E-state index in [0.29, 0.717) is 5.41 Å². The van der Waals surface area contributed by atoms with Gasteiger partial charge in [-0.2, -0.15) is 0 Å². The van der Waals surface area contributed by atoms with Crippen molar-refractivity contribution in [3.63, 3.8) is 0 Å². The molecule has 1 atom stereocenters. The summed E-state index contributed by atoms with van der Waals surface area (Å²) in [6, 6.07) is 0.270. The molecule has 3 rings (SSSR count). The quantitative estimate of drug-likeness (QED) is 0.900. The van der Waals surface area contributed by atoms with E-state index in [0.717, 1.165) is 16.7 Å². The predicted molar refractivity (Wildman–Crippen MR) is 83.9 cm³/mol. The first-order valence-corrected chi connectivity index (χ1v) is 8.97. The lowest BCUT2D eigenvalue weighted by atomic mass is 9.75. The van der Waals surface area contributed by atoms with E-state index >= 15 is 0 Å². The van der Waals surface area contributed by atoms with Crippen LogP contribution in [-0.4, -0.2) is 22.4 Å². The third-order valence-corrected chi connectivity index (χ3v) is 6.38. The Hall–Kier alpha value is -0.550. The van der Waals surface area contributed by atoms with E-state index < -0.39 is 0 Å². The second-order valence-corrected chi connectivity index (χ2v) is 7.60. The summed E-state index contributed by atoms with van der Waals surface area (Å²) in [7, 11) is 0. The van der Waals surface area contributed by atoms with E-state index in [-0.39, 0.29) is 6.04 Å². The number of thiazole rings is 1. The summed E-state index contributed by atoms with van der Waals surface area (Å²) in [6.45, 7) is 3.18. The number of aromatic nitrogens is 1. The molecule has 1 aromatic heterocycles. The van der Waals surface area contributed by atoms with Crippen LogP contribution in [0.3, 0.4) is 0 Å². The Balaban J connectivity index is 1.59. The van der Waals surface area contributed by atoms with E-state index in [1.165, 1.54) is 37.9 Å². The highest BCUT2D eigenvalue weighted by Gasteiger charge is 2.35. The minimum absolute atomic E-state index is 0.270. The summed E-state index contributed by atoms with van der Waals surface area (Å²) >= 11 is 3.61. The maximum atomic E-state index is 4.80. The van der Waals surface area contributed by atoms with Crippen LogP contribution >= 0.6 is 23.1 Å². The fraction of sp³-hybridized carbons (Fsp3) is 0.714. The van der Waals surface area contributed by atoms with E-state index in [4.69, 9.17) is 4.99 Å². The Morgan fingerprint density at radius 2 is 2.16 bits per heavy atom. The molecule has 0 saturated heterocycles. The number of rotatable bonds is 2. The molecule has 0 aromatic carbocycles. The van der Waals surface area contributed by atoms with Crippen LogP contribution in [-0.2, 0) is 0 Å². The topological polar surface area (TPSA) is 37.3 Å². The zero-order valence-corrected chi connectivity index (χ0v) is 13.0. The average Bonchev–Trinajstić information content (AvgIpc) is 2.97. The van der Waals surface area contributed by atoms with Crippen molar-refractivity contribution in [3.05, 3.63) is 16.6 Å². The Kier molecular flexibility index (Phi) is 4.12. The zero-order chi connectivity index (χ0) is 13.1. The van der Waals surface area contributed by atoms with Crippen LogP contribution in [0.5, 0.6) is 0 Å². The minimum Gasteiger partial charge on any atom is -0.356 e. The van der Waals surface area contributed by atoms with E-state index in [9.17, 15) is 0 Å². The van der Waals surface area contributed by atoms with Gasteiger partial charge in [0.2, 0.25) is 0 Å². The van der Waals surface area contributed by atoms with Gasteiger partial charge in [-0.25, -0.2) is 4.98 Å². The van der Waals surface area contributed by atoms with Crippen molar-refractivity contribution in [2.24, 2.45) is 10.4 Å². The molecule has 1 aliphatic carbocycles. The molecule has 1 aromatic rings. The summed E-state index contributed by atoms with van der Waals surface area (Å²) < 4.78 is 0. The third kappa shape index (κ3) is 3.14. The number of nitrogens with zero attached hydrogens (tertiary/aromatic N) is 2. The van der Waals surface area contributed by atoms with Gasteiger partial charge in [0.1, 0.15) is 5.01 Å². The number of aliphatic imine (C=N–C) groups is 1. The van der Waals surface area contributed by atoms with E-state index in [1.54, 1.807) is 11.3 Å². The molecule has 2 aliphatic rings. The Bertz CT molecular complexity index is 436. The molecule has 5 heteroatoms. The molecular weight excluding hydrogens is 274 g/mol. The Morgan fingerprint density at radius 3 is 2.79 bits per heavy atom. The molecule has 104 valence electrons. The molecule has 1 unspecified atom stereocenters. The smallest absolute Gasteiger partial charge is 0.157 e. The van der Waals surface area contributed by atoms with Crippen LogP contribution < -0.4 is 5.32 Å². The molecule has 0 radical (unpaired) electrons. The van der Waals surface area contributed by atoms with Gasteiger partial charge in [-0.05, 0) is 25.2 Å². The zero-order valence-electron chi connectivity index (χ0n) is 11.4. The van der Waals surface area contributed by atoms with Crippen LogP contribution in [0, 0.1) is 5.41 Å². The first-order valence-electron chi connectivity index (χ1n) is 7.11. The maximum Gasteiger partial charge on any atom is 0.157 e. The van der Waals surface area contributed by atoms with Gasteiger partial charge >= 0.3 is 0 Å². The summed E-state index contributed by atoms with van der Waals surface area (Å²) in [5.41, 5.74) is 0.512. The van der Waals surface area contributed by atoms with Crippen molar-refractivity contribution >= 4 is 28.3 Å². The highest BCUT2D eigenvalue weighted by Crippen LogP contribution is 2.41. The van der Waals surface area contributed by atoms with Gasteiger partial charge in [0, 0.05) is 23.9 Å². The van der Waals surface area contributed by atoms with Crippen molar-refractivity contribution in [2.45, 2.75) is 45.1 Å². The molecule has 0 amide bonds. The van der Waals surface area contributed by atoms with Crippen LogP contribution in [0.2, 0.25) is 0 Å². The second-order valence-electron chi connectivity index (χ2n) is 5.71. The van der Waals surface area contributed by atoms with Crippen LogP contribution in [0.1, 0.15) is 50.1 Å². The number of nitrogens with one attached hydrogen (secondary N) is 1. The van der Waals surface area contributed by atoms with E-state index in [1.807, 2.05) is 23.3 Å². The standard InChI is InChI=1S/C14H21N3S2/c1-11(12-15-7-8-18-12)17-13-16-9-14(10-19-13)5-3-2-4-6-14/h7-8,11H,2-6,9-10H2,1H3,(H,16,17). The number of hydrogen-bond donors (Lipinski definition) is 1. The maximum absolute atomic E-state index is 4.80. The molecule has 19 heavy (non-hydrogen) atoms. The monoisotopic (exact) mass is 295 g/mol. The molecule has 1 aliphatic heterocycles. The SMILES string of the molecule is CC(NC1=NCC2(CCCCC2)CS1)c1nccs1. The van der Waals surface area contributed by atoms with Crippen molar-refractivity contribution in [3.8, 4) is 0 Å². The summed E-state index contributed by atoms with van der Waals surface area (Å²) in [4.78, 5) is 9.16. The van der Waals surface area contributed by atoms with Crippen molar-refractivity contribution < 1.29 is 0 Å². The average molecular weight is 295 g/mol. The minimum atomic E-state index is 0.270. The number of amidine groups is 1. The first-order chi connectivity index (χ1) is 9.27. The highest BCUT2D eigenvalue weighted by molar-refractivity contribution is 8.13. The fourth-order valence-electron chi connectivity index (χ4n) is 2.94. The van der Waals surface area contributed by atoms with Crippen molar-refractivity contribution in [2.75, 3.05) is 12.3 Å². The lowest BCUT2D eigenvalue weighted by molar-refractivity contribution is 0.232. The van der Waals surface area contributed by atoms with Gasteiger partial charge in [0.05, 0.1) is 6.04 Å². The molecule has 1 fully saturated rings. The summed E-state index contributed by atoms with van der Waals surface area (Å²) in [6.07, 6.45) is 8.83. The van der Waals surface area contributed by atoms with Crippen LogP contribution in [0.15, 0.2) is 16.6 Å². The Labute approximate surface area is 123 Å². The van der Waals surface area contributed by atoms with Gasteiger partial charge in [-0.1, -0.05) is 31.0 Å². The van der Waals surface area contributed by atoms with Crippen molar-refractivity contribution in [1.82, 2.24) is 10.3 Å². The lowest BCUT2D eigenvalue weighted by Gasteiger charge is -2.38. The molecular formula is C14H21N3S2. The molecule has 2 heterocycles. The van der Waals surface area contributed by atoms with Gasteiger partial charge in [0.15, 0.2) is 5.17 Å². The molecule has 0 bridgehead atoms. The number of thioether (sulfide) groups is 1. The predicted octanol–water partition coefficient (Wildman–Crippen LogP) is 3.85. The molecule has 1 spiro atoms. The van der Waals surface area contributed by atoms with E-state index in [2.05, 4.69) is 17.2 Å². The van der Waals surface area contributed by atoms with Crippen LogP contribution in [0.4, 0.5) is 0 Å². The van der Waals surface area contributed by atoms with Gasteiger partial charge in [0.25, 0.3) is 0 Å². The molecule has 1 N–H and O–H groups in total. The van der Waals surface area contributed by atoms with Gasteiger partial charge in [-0.15, -0.1) is 11.3 Å². The fourth-order valence-corrected chi connectivity index (χ4v) is 4.82. The summed E-state index contributed by atoms with van der Waals surface area (Å²) in [5, 5.41) is 7.78. The largest absolute Gasteiger partial charge is 0.356 e. The van der Waals surface area contributed by atoms with Crippen molar-refractivity contribution in [1.29, 1.82) is 0 Å². The van der Waals surface area contributed by atoms with Gasteiger partial charge in [-0.3, -0.25) is 4.99 Å². The number of hydrogen-bond acceptors (Lipinski definition) is 5. The van der Waals surface area contributed by atoms with Gasteiger partial charge < -0.3 is 5.32 Å². The highest BCUT2D eigenvalue weighted by atomic mass is 32.2. The third-order valence-electron chi connectivity index (χ3n) is 4.15. The first kappa shape index (κ1) is 13.4. The van der Waals surface area contributed by atoms with Crippen LogP contribution in [0.25, 0.3) is 0 Å². The molecule has 3 nitrogen and oxygen atoms in total. The Morgan fingerprint density at radius 1 is 1.32 bits per heavy atom. The normalized spacial score (nSPS) is 23.9.